The van der Waals surface area contributed by atoms with Gasteiger partial charge in [-0.1, -0.05) is 36.4 Å². The Kier molecular flexibility index (Phi) is 3.96. The molecule has 0 bridgehead atoms. The minimum atomic E-state index is 0.639. The molecule has 0 saturated carbocycles. The van der Waals surface area contributed by atoms with Gasteiger partial charge in [-0.2, -0.15) is 10.2 Å². The third-order valence-electron chi connectivity index (χ3n) is 3.39. The van der Waals surface area contributed by atoms with Crippen molar-refractivity contribution in [3.05, 3.63) is 60.3 Å². The summed E-state index contributed by atoms with van der Waals surface area (Å²) in [4.78, 5) is 0. The first-order valence-corrected chi connectivity index (χ1v) is 6.93. The zero-order chi connectivity index (χ0) is 15.4. The Labute approximate surface area is 128 Å². The number of hydrogen-bond acceptors (Lipinski definition) is 5. The molecule has 0 aliphatic heterocycles. The van der Waals surface area contributed by atoms with E-state index in [0.29, 0.717) is 5.82 Å². The summed E-state index contributed by atoms with van der Waals surface area (Å²) in [6, 6.07) is 15.7. The molecule has 110 valence electrons. The lowest BCUT2D eigenvalue weighted by Gasteiger charge is -2.06. The molecular weight excluding hydrogens is 276 g/mol. The zero-order valence-corrected chi connectivity index (χ0v) is 12.4. The van der Waals surface area contributed by atoms with Crippen LogP contribution < -0.4 is 10.2 Å². The molecule has 0 saturated heterocycles. The van der Waals surface area contributed by atoms with E-state index in [1.807, 2.05) is 55.5 Å². The third-order valence-corrected chi connectivity index (χ3v) is 3.39. The molecule has 0 unspecified atom stereocenters. The van der Waals surface area contributed by atoms with Crippen molar-refractivity contribution in [1.29, 1.82) is 0 Å². The SMILES string of the molecule is COc1cccc(/C(C)=N/Nc2nncc3ccccc23)c1. The van der Waals surface area contributed by atoms with Crippen molar-refractivity contribution in [2.75, 3.05) is 12.5 Å². The molecule has 3 aromatic rings. The smallest absolute Gasteiger partial charge is 0.176 e. The summed E-state index contributed by atoms with van der Waals surface area (Å²) >= 11 is 0. The number of ether oxygens (including phenoxy) is 1. The second kappa shape index (κ2) is 6.22. The number of hydrogen-bond donors (Lipinski definition) is 1. The van der Waals surface area contributed by atoms with Gasteiger partial charge in [-0.25, -0.2) is 0 Å². The maximum atomic E-state index is 5.23. The Morgan fingerprint density at radius 1 is 1.14 bits per heavy atom. The first kappa shape index (κ1) is 14.0. The lowest BCUT2D eigenvalue weighted by atomic mass is 10.1. The summed E-state index contributed by atoms with van der Waals surface area (Å²) in [5.74, 6) is 1.44. The van der Waals surface area contributed by atoms with Crippen molar-refractivity contribution in [2.24, 2.45) is 5.10 Å². The first-order valence-electron chi connectivity index (χ1n) is 6.93. The monoisotopic (exact) mass is 292 g/mol. The summed E-state index contributed by atoms with van der Waals surface area (Å²) < 4.78 is 5.23. The molecule has 0 radical (unpaired) electrons. The predicted molar refractivity (Wildman–Crippen MR) is 88.4 cm³/mol. The van der Waals surface area contributed by atoms with Crippen LogP contribution in [0.2, 0.25) is 0 Å². The molecule has 0 aliphatic rings. The second-order valence-corrected chi connectivity index (χ2v) is 4.82. The number of hydrazone groups is 1. The highest BCUT2D eigenvalue weighted by Gasteiger charge is 2.03. The van der Waals surface area contributed by atoms with Gasteiger partial charge in [0.2, 0.25) is 0 Å². The number of aromatic nitrogens is 2. The Bertz CT molecular complexity index is 824. The molecule has 0 amide bonds. The van der Waals surface area contributed by atoms with Crippen molar-refractivity contribution in [1.82, 2.24) is 10.2 Å². The molecule has 1 N–H and O–H groups in total. The second-order valence-electron chi connectivity index (χ2n) is 4.82. The number of nitrogens with zero attached hydrogens (tertiary/aromatic N) is 3. The van der Waals surface area contributed by atoms with Crippen LogP contribution in [0.1, 0.15) is 12.5 Å². The van der Waals surface area contributed by atoms with Gasteiger partial charge >= 0.3 is 0 Å². The van der Waals surface area contributed by atoms with E-state index in [2.05, 4.69) is 20.7 Å². The molecule has 0 fully saturated rings. The van der Waals surface area contributed by atoms with E-state index < -0.39 is 0 Å². The van der Waals surface area contributed by atoms with Crippen LogP contribution in [-0.4, -0.2) is 23.0 Å². The topological polar surface area (TPSA) is 59.4 Å². The van der Waals surface area contributed by atoms with Gasteiger partial charge in [-0.05, 0) is 19.1 Å². The van der Waals surface area contributed by atoms with Crippen LogP contribution in [0.4, 0.5) is 5.82 Å². The fraction of sp³-hybridized carbons (Fsp3) is 0.118. The molecular formula is C17H16N4O. The van der Waals surface area contributed by atoms with Crippen LogP contribution in [0, 0.1) is 0 Å². The van der Waals surface area contributed by atoms with Crippen LogP contribution >= 0.6 is 0 Å². The van der Waals surface area contributed by atoms with E-state index in [9.17, 15) is 0 Å². The fourth-order valence-electron chi connectivity index (χ4n) is 2.16. The van der Waals surface area contributed by atoms with Gasteiger partial charge in [0.05, 0.1) is 19.0 Å². The van der Waals surface area contributed by atoms with Crippen molar-refractivity contribution in [2.45, 2.75) is 6.92 Å². The van der Waals surface area contributed by atoms with Gasteiger partial charge in [0.1, 0.15) is 5.75 Å². The van der Waals surface area contributed by atoms with Crippen LogP contribution in [0.3, 0.4) is 0 Å². The Morgan fingerprint density at radius 3 is 2.86 bits per heavy atom. The van der Waals surface area contributed by atoms with E-state index >= 15 is 0 Å². The molecule has 3 rings (SSSR count). The van der Waals surface area contributed by atoms with Crippen LogP contribution in [-0.2, 0) is 0 Å². The number of rotatable bonds is 4. The van der Waals surface area contributed by atoms with E-state index in [0.717, 1.165) is 27.8 Å². The summed E-state index contributed by atoms with van der Waals surface area (Å²) in [6.45, 7) is 1.93. The zero-order valence-electron chi connectivity index (χ0n) is 12.4. The van der Waals surface area contributed by atoms with Crippen molar-refractivity contribution in [3.8, 4) is 5.75 Å². The Morgan fingerprint density at radius 2 is 2.00 bits per heavy atom. The summed E-state index contributed by atoms with van der Waals surface area (Å²) in [6.07, 6.45) is 1.74. The van der Waals surface area contributed by atoms with Crippen LogP contribution in [0.5, 0.6) is 5.75 Å². The average molecular weight is 292 g/mol. The minimum absolute atomic E-state index is 0.639. The fourth-order valence-corrected chi connectivity index (χ4v) is 2.16. The molecule has 0 spiro atoms. The summed E-state index contributed by atoms with van der Waals surface area (Å²) in [7, 11) is 1.65. The minimum Gasteiger partial charge on any atom is -0.497 e. The predicted octanol–water partition coefficient (Wildman–Crippen LogP) is 3.47. The standard InChI is InChI=1S/C17H16N4O/c1-12(13-7-5-8-15(10-13)22-2)19-21-17-16-9-4-3-6-14(16)11-18-20-17/h3-11H,1-2H3,(H,20,21)/b19-12+. The Balaban J connectivity index is 1.88. The van der Waals surface area contributed by atoms with Crippen LogP contribution in [0.25, 0.3) is 10.8 Å². The lowest BCUT2D eigenvalue weighted by Crippen LogP contribution is -2.02. The summed E-state index contributed by atoms with van der Waals surface area (Å²) in [5.41, 5.74) is 4.82. The van der Waals surface area contributed by atoms with E-state index in [4.69, 9.17) is 4.74 Å². The number of benzene rings is 2. The number of nitrogens with one attached hydrogen (secondary N) is 1. The van der Waals surface area contributed by atoms with Crippen molar-refractivity contribution in [3.63, 3.8) is 0 Å². The van der Waals surface area contributed by atoms with Gasteiger partial charge in [-0.3, -0.25) is 5.43 Å². The average Bonchev–Trinajstić information content (AvgIpc) is 2.59. The molecule has 2 aromatic carbocycles. The first-order chi connectivity index (χ1) is 10.8. The highest BCUT2D eigenvalue weighted by Crippen LogP contribution is 2.19. The van der Waals surface area contributed by atoms with E-state index in [1.54, 1.807) is 13.3 Å². The maximum absolute atomic E-state index is 5.23. The molecule has 0 atom stereocenters. The Hall–Kier alpha value is -2.95. The summed E-state index contributed by atoms with van der Waals surface area (Å²) in [5, 5.41) is 14.5. The molecule has 0 aliphatic carbocycles. The number of methoxy groups -OCH3 is 1. The van der Waals surface area contributed by atoms with Gasteiger partial charge < -0.3 is 4.74 Å². The van der Waals surface area contributed by atoms with Gasteiger partial charge in [-0.15, -0.1) is 5.10 Å². The van der Waals surface area contributed by atoms with E-state index in [-0.39, 0.29) is 0 Å². The molecule has 1 heterocycles. The third kappa shape index (κ3) is 2.88. The van der Waals surface area contributed by atoms with Crippen molar-refractivity contribution < 1.29 is 4.74 Å². The lowest BCUT2D eigenvalue weighted by molar-refractivity contribution is 0.414. The molecule has 5 nitrogen and oxygen atoms in total. The highest BCUT2D eigenvalue weighted by molar-refractivity contribution is 6.00. The van der Waals surface area contributed by atoms with Gasteiger partial charge in [0.25, 0.3) is 0 Å². The largest absolute Gasteiger partial charge is 0.497 e. The number of fused-ring (bicyclic) bond motifs is 1. The molecule has 5 heteroatoms. The quantitative estimate of drug-likeness (QED) is 0.591. The van der Waals surface area contributed by atoms with E-state index in [1.165, 1.54) is 0 Å². The molecule has 1 aromatic heterocycles. The van der Waals surface area contributed by atoms with Crippen LogP contribution in [0.15, 0.2) is 59.8 Å². The maximum Gasteiger partial charge on any atom is 0.176 e. The normalized spacial score (nSPS) is 11.5. The van der Waals surface area contributed by atoms with Gasteiger partial charge in [0.15, 0.2) is 5.82 Å². The molecule has 22 heavy (non-hydrogen) atoms. The highest BCUT2D eigenvalue weighted by atomic mass is 16.5. The van der Waals surface area contributed by atoms with Gasteiger partial charge in [0, 0.05) is 16.3 Å². The van der Waals surface area contributed by atoms with Crippen molar-refractivity contribution >= 4 is 22.3 Å². The number of anilines is 1.